The van der Waals surface area contributed by atoms with Gasteiger partial charge in [-0.05, 0) is 68.5 Å². The van der Waals surface area contributed by atoms with Crippen LogP contribution in [0.3, 0.4) is 0 Å². The van der Waals surface area contributed by atoms with Crippen molar-refractivity contribution in [1.82, 2.24) is 9.80 Å². The van der Waals surface area contributed by atoms with Crippen molar-refractivity contribution in [3.05, 3.63) is 59.1 Å². The van der Waals surface area contributed by atoms with Gasteiger partial charge in [0.2, 0.25) is 0 Å². The Hall–Kier alpha value is -1.55. The van der Waals surface area contributed by atoms with E-state index in [0.29, 0.717) is 0 Å². The molecular weight excluding hydrogens is 308 g/mol. The van der Waals surface area contributed by atoms with E-state index in [9.17, 15) is 0 Å². The normalized spacial score (nSPS) is 17.0. The molecule has 1 aliphatic heterocycles. The van der Waals surface area contributed by atoms with Gasteiger partial charge < -0.3 is 9.64 Å². The Balaban J connectivity index is 1.63. The number of likely N-dealkylation sites (N-methyl/N-ethyl adjacent to an activating group) is 1. The van der Waals surface area contributed by atoms with E-state index in [1.54, 1.807) is 0 Å². The van der Waals surface area contributed by atoms with Crippen LogP contribution in [0.1, 0.15) is 12.0 Å². The van der Waals surface area contributed by atoms with E-state index in [4.69, 9.17) is 16.3 Å². The van der Waals surface area contributed by atoms with Crippen LogP contribution in [0.5, 0.6) is 11.5 Å². The molecule has 0 bridgehead atoms. The second kappa shape index (κ2) is 7.82. The predicted octanol–water partition coefficient (Wildman–Crippen LogP) is 4.27. The van der Waals surface area contributed by atoms with Crippen molar-refractivity contribution in [2.75, 3.05) is 33.2 Å². The Morgan fingerprint density at radius 2 is 1.78 bits per heavy atom. The molecule has 0 N–H and O–H groups in total. The molecule has 1 fully saturated rings. The van der Waals surface area contributed by atoms with Crippen LogP contribution in [0, 0.1) is 0 Å². The summed E-state index contributed by atoms with van der Waals surface area (Å²) in [5, 5.41) is 0.720. The zero-order valence-corrected chi connectivity index (χ0v) is 14.3. The monoisotopic (exact) mass is 330 g/mol. The molecule has 0 radical (unpaired) electrons. The van der Waals surface area contributed by atoms with Crippen LogP contribution in [0.4, 0.5) is 0 Å². The van der Waals surface area contributed by atoms with Gasteiger partial charge in [0.25, 0.3) is 0 Å². The highest BCUT2D eigenvalue weighted by molar-refractivity contribution is 6.30. The molecule has 1 saturated heterocycles. The third-order valence-electron chi connectivity index (χ3n) is 4.17. The fourth-order valence-corrected chi connectivity index (χ4v) is 2.99. The summed E-state index contributed by atoms with van der Waals surface area (Å²) in [5.41, 5.74) is 1.29. The first-order valence-electron chi connectivity index (χ1n) is 8.12. The average molecular weight is 331 g/mol. The van der Waals surface area contributed by atoms with Crippen molar-refractivity contribution in [1.29, 1.82) is 0 Å². The minimum atomic E-state index is 0.720. The summed E-state index contributed by atoms with van der Waals surface area (Å²) in [6.07, 6.45) is 1.23. The van der Waals surface area contributed by atoms with E-state index >= 15 is 0 Å². The van der Waals surface area contributed by atoms with Crippen LogP contribution in [0.2, 0.25) is 5.02 Å². The fourth-order valence-electron chi connectivity index (χ4n) is 2.86. The van der Waals surface area contributed by atoms with Crippen LogP contribution < -0.4 is 4.74 Å². The molecule has 0 aliphatic carbocycles. The standard InChI is InChI=1S/C19H23ClN2O/c1-21-10-3-11-22(13-12-21)15-16-4-2-5-19(14-16)23-18-8-6-17(20)7-9-18/h2,4-9,14H,3,10-13,15H2,1H3. The van der Waals surface area contributed by atoms with E-state index in [1.807, 2.05) is 30.3 Å². The van der Waals surface area contributed by atoms with E-state index < -0.39 is 0 Å². The smallest absolute Gasteiger partial charge is 0.127 e. The number of benzene rings is 2. The van der Waals surface area contributed by atoms with Crippen molar-refractivity contribution in [2.45, 2.75) is 13.0 Å². The third-order valence-corrected chi connectivity index (χ3v) is 4.42. The maximum absolute atomic E-state index is 5.92. The van der Waals surface area contributed by atoms with Gasteiger partial charge in [-0.25, -0.2) is 0 Å². The lowest BCUT2D eigenvalue weighted by Gasteiger charge is -2.20. The topological polar surface area (TPSA) is 15.7 Å². The number of nitrogens with zero attached hydrogens (tertiary/aromatic N) is 2. The maximum Gasteiger partial charge on any atom is 0.127 e. The molecule has 3 nitrogen and oxygen atoms in total. The zero-order valence-electron chi connectivity index (χ0n) is 13.5. The van der Waals surface area contributed by atoms with Crippen LogP contribution in [0.25, 0.3) is 0 Å². The minimum Gasteiger partial charge on any atom is -0.457 e. The first kappa shape index (κ1) is 16.3. The Bertz CT molecular complexity index is 630. The van der Waals surface area contributed by atoms with E-state index in [1.165, 1.54) is 18.5 Å². The van der Waals surface area contributed by atoms with Gasteiger partial charge in [0.1, 0.15) is 11.5 Å². The number of hydrogen-bond acceptors (Lipinski definition) is 3. The molecule has 1 heterocycles. The van der Waals surface area contributed by atoms with Crippen molar-refractivity contribution < 1.29 is 4.74 Å². The Kier molecular flexibility index (Phi) is 5.55. The number of ether oxygens (including phenoxy) is 1. The van der Waals surface area contributed by atoms with Gasteiger partial charge in [-0.2, -0.15) is 0 Å². The van der Waals surface area contributed by atoms with Gasteiger partial charge in [0.15, 0.2) is 0 Å². The zero-order chi connectivity index (χ0) is 16.1. The Labute approximate surface area is 143 Å². The molecular formula is C19H23ClN2O. The molecule has 23 heavy (non-hydrogen) atoms. The minimum absolute atomic E-state index is 0.720. The van der Waals surface area contributed by atoms with E-state index in [0.717, 1.165) is 42.7 Å². The van der Waals surface area contributed by atoms with Crippen molar-refractivity contribution in [3.63, 3.8) is 0 Å². The highest BCUT2D eigenvalue weighted by Gasteiger charge is 2.12. The number of rotatable bonds is 4. The lowest BCUT2D eigenvalue weighted by atomic mass is 10.2. The molecule has 3 rings (SSSR count). The second-order valence-electron chi connectivity index (χ2n) is 6.14. The molecule has 0 aromatic heterocycles. The highest BCUT2D eigenvalue weighted by Crippen LogP contribution is 2.24. The SMILES string of the molecule is CN1CCCN(Cc2cccc(Oc3ccc(Cl)cc3)c2)CC1. The van der Waals surface area contributed by atoms with Crippen LogP contribution in [0.15, 0.2) is 48.5 Å². The molecule has 1 aliphatic rings. The lowest BCUT2D eigenvalue weighted by Crippen LogP contribution is -2.28. The van der Waals surface area contributed by atoms with Crippen molar-refractivity contribution >= 4 is 11.6 Å². The van der Waals surface area contributed by atoms with Gasteiger partial charge in [-0.3, -0.25) is 4.90 Å². The second-order valence-corrected chi connectivity index (χ2v) is 6.57. The first-order valence-corrected chi connectivity index (χ1v) is 8.50. The first-order chi connectivity index (χ1) is 11.2. The van der Waals surface area contributed by atoms with Crippen LogP contribution in [-0.2, 0) is 6.54 Å². The summed E-state index contributed by atoms with van der Waals surface area (Å²) in [4.78, 5) is 4.92. The van der Waals surface area contributed by atoms with Crippen molar-refractivity contribution in [3.8, 4) is 11.5 Å². The van der Waals surface area contributed by atoms with Gasteiger partial charge in [-0.1, -0.05) is 23.7 Å². The summed E-state index contributed by atoms with van der Waals surface area (Å²) >= 11 is 5.91. The molecule has 122 valence electrons. The largest absolute Gasteiger partial charge is 0.457 e. The van der Waals surface area contributed by atoms with Crippen LogP contribution >= 0.6 is 11.6 Å². The van der Waals surface area contributed by atoms with Crippen LogP contribution in [-0.4, -0.2) is 43.0 Å². The highest BCUT2D eigenvalue weighted by atomic mass is 35.5. The van der Waals surface area contributed by atoms with Gasteiger partial charge in [0, 0.05) is 24.7 Å². The summed E-state index contributed by atoms with van der Waals surface area (Å²) in [5.74, 6) is 1.68. The number of halogens is 1. The summed E-state index contributed by atoms with van der Waals surface area (Å²) in [6.45, 7) is 5.59. The summed E-state index contributed by atoms with van der Waals surface area (Å²) in [7, 11) is 2.20. The third kappa shape index (κ3) is 4.96. The van der Waals surface area contributed by atoms with Crippen molar-refractivity contribution in [2.24, 2.45) is 0 Å². The number of hydrogen-bond donors (Lipinski definition) is 0. The molecule has 0 saturated carbocycles. The maximum atomic E-state index is 5.92. The summed E-state index contributed by atoms with van der Waals surface area (Å²) in [6, 6.07) is 15.8. The molecule has 0 atom stereocenters. The molecule has 2 aromatic rings. The summed E-state index contributed by atoms with van der Waals surface area (Å²) < 4.78 is 5.92. The molecule has 0 spiro atoms. The van der Waals surface area contributed by atoms with Gasteiger partial charge >= 0.3 is 0 Å². The Morgan fingerprint density at radius 1 is 0.957 bits per heavy atom. The predicted molar refractivity (Wildman–Crippen MR) is 95.4 cm³/mol. The molecule has 0 unspecified atom stereocenters. The molecule has 4 heteroatoms. The van der Waals surface area contributed by atoms with E-state index in [2.05, 4.69) is 35.0 Å². The van der Waals surface area contributed by atoms with Gasteiger partial charge in [-0.15, -0.1) is 0 Å². The average Bonchev–Trinajstić information content (AvgIpc) is 2.75. The van der Waals surface area contributed by atoms with Gasteiger partial charge in [0.05, 0.1) is 0 Å². The molecule has 0 amide bonds. The fraction of sp³-hybridized carbons (Fsp3) is 0.368. The quantitative estimate of drug-likeness (QED) is 0.832. The lowest BCUT2D eigenvalue weighted by molar-refractivity contribution is 0.269. The molecule has 2 aromatic carbocycles. The Morgan fingerprint density at radius 3 is 2.61 bits per heavy atom. The van der Waals surface area contributed by atoms with E-state index in [-0.39, 0.29) is 0 Å².